The molecular formula is C81H49BF16O3. The number of hydrogen-bond donors (Lipinski definition) is 0. The van der Waals surface area contributed by atoms with Crippen LogP contribution in [0.3, 0.4) is 0 Å². The van der Waals surface area contributed by atoms with Gasteiger partial charge in [0, 0.05) is 137 Å². The molecule has 20 heteroatoms. The zero-order valence-corrected chi connectivity index (χ0v) is 52.1. The van der Waals surface area contributed by atoms with Gasteiger partial charge in [-0.25, -0.2) is 70.2 Å². The van der Waals surface area contributed by atoms with E-state index in [0.29, 0.717) is 24.3 Å². The lowest BCUT2D eigenvalue weighted by Gasteiger charge is -2.35. The van der Waals surface area contributed by atoms with Crippen molar-refractivity contribution in [2.24, 2.45) is 0 Å². The van der Waals surface area contributed by atoms with Crippen LogP contribution in [-0.2, 0) is 0 Å². The molecule has 13 rings (SSSR count). The van der Waals surface area contributed by atoms with E-state index in [1.807, 2.05) is 0 Å². The summed E-state index contributed by atoms with van der Waals surface area (Å²) in [6.07, 6.45) is 31.6. The third kappa shape index (κ3) is 18.9. The topological polar surface area (TPSA) is 69.2 Å². The van der Waals surface area contributed by atoms with E-state index < -0.39 is 123 Å². The van der Waals surface area contributed by atoms with Gasteiger partial charge in [-0.05, 0) is 97.1 Å². The summed E-state index contributed by atoms with van der Waals surface area (Å²) in [5, 5.41) is 25.2. The highest BCUT2D eigenvalue weighted by Crippen LogP contribution is 2.38. The van der Waals surface area contributed by atoms with Crippen LogP contribution < -0.4 is 15.1 Å². The van der Waals surface area contributed by atoms with Crippen LogP contribution in [0, 0.1) is 112 Å². The first-order chi connectivity index (χ1) is 48.6. The summed E-state index contributed by atoms with van der Waals surface area (Å²) in [6, 6.07) is 64.6. The van der Waals surface area contributed by atoms with E-state index in [9.17, 15) is 70.2 Å². The molecule has 10 aromatic rings. The van der Waals surface area contributed by atoms with Crippen molar-refractivity contribution in [2.75, 3.05) is 0 Å². The second-order valence-corrected chi connectivity index (χ2v) is 21.0. The van der Waals surface area contributed by atoms with E-state index in [1.165, 1.54) is 66.8 Å². The van der Waals surface area contributed by atoms with Gasteiger partial charge in [-0.2, -0.15) is 0 Å². The van der Waals surface area contributed by atoms with Gasteiger partial charge in [0.1, 0.15) is 16.7 Å². The summed E-state index contributed by atoms with van der Waals surface area (Å²) < 4.78 is 209. The van der Waals surface area contributed by atoms with E-state index in [2.05, 4.69) is 274 Å². The van der Waals surface area contributed by atoms with Crippen molar-refractivity contribution >= 4 is 24.0 Å². The van der Waals surface area contributed by atoms with Crippen molar-refractivity contribution < 1.29 is 85.3 Å². The van der Waals surface area contributed by atoms with Gasteiger partial charge in [-0.1, -0.05) is 109 Å². The predicted molar refractivity (Wildman–Crippen MR) is 353 cm³/mol. The molecule has 0 radical (unpaired) electrons. The normalized spacial score (nSPS) is 12.0. The number of benzene rings is 10. The molecule has 0 unspecified atom stereocenters. The van der Waals surface area contributed by atoms with Gasteiger partial charge >= 0.3 is 0 Å². The van der Waals surface area contributed by atoms with Crippen molar-refractivity contribution in [3.63, 3.8) is 0 Å². The highest BCUT2D eigenvalue weighted by molar-refractivity contribution is 6.24. The van der Waals surface area contributed by atoms with Gasteiger partial charge in [0.2, 0.25) is 11.6 Å². The van der Waals surface area contributed by atoms with Crippen molar-refractivity contribution in [3.8, 4) is 22.3 Å². The molecule has 3 aliphatic rings. The molecule has 3 nitrogen and oxygen atoms in total. The van der Waals surface area contributed by atoms with E-state index in [0.717, 1.165) is 0 Å². The largest absolute Gasteiger partial charge is 0.907 e. The zero-order chi connectivity index (χ0) is 72.7. The fourth-order valence-electron chi connectivity index (χ4n) is 10.1. The number of hydrogen-bond acceptors (Lipinski definition) is 3. The smallest absolute Gasteiger partial charge is 0.200 e. The van der Waals surface area contributed by atoms with Crippen molar-refractivity contribution in [3.05, 3.63) is 442 Å². The van der Waals surface area contributed by atoms with Gasteiger partial charge in [0.25, 0.3) is 0 Å². The summed E-state index contributed by atoms with van der Waals surface area (Å²) in [7, 11) is -2.92. The second-order valence-electron chi connectivity index (χ2n) is 21.0. The third-order valence-electron chi connectivity index (χ3n) is 14.6. The third-order valence-corrected chi connectivity index (χ3v) is 14.6. The predicted octanol–water partition coefficient (Wildman–Crippen LogP) is 19.4. The van der Waals surface area contributed by atoms with E-state index in [4.69, 9.17) is 15.1 Å². The summed E-state index contributed by atoms with van der Waals surface area (Å²) in [4.78, 5) is 0. The number of rotatable bonds is 8. The highest BCUT2D eigenvalue weighted by atomic mass is 19.2. The maximum Gasteiger partial charge on any atom is 0.200 e. The lowest BCUT2D eigenvalue weighted by Crippen LogP contribution is -2.56. The molecule has 0 N–H and O–H groups in total. The Kier molecular flexibility index (Phi) is 26.9. The van der Waals surface area contributed by atoms with Crippen LogP contribution in [0.1, 0.15) is 33.4 Å². The molecule has 0 atom stereocenters. The Balaban J connectivity index is 0.000000158. The van der Waals surface area contributed by atoms with E-state index in [1.54, 1.807) is 0 Å². The SMILES string of the molecule is C1=C[CH+]C(=C(c2ccccc2)c2ccccc2)C=C1.C1=C[CH+]C(=C(c2ccccc2)c2ccccc2)C=C1.C1=C[CH+]C(=C(c2ccccc2)c2ccccc2)C=C1.Fc1ccc(-c2c(F)c(F)c(F)c(F)c2F)c(F)c1F.Fc1ccc(-c2c(F)c(F)c(F)c(F)c2F)c(F)c1F.[O-]B([O-])[O-]. The Morgan fingerprint density at radius 2 is 0.426 bits per heavy atom. The number of halogens is 16. The molecule has 0 saturated heterocycles. The molecule has 0 saturated carbocycles. The second kappa shape index (κ2) is 36.2. The quantitative estimate of drug-likeness (QED) is 0.0500. The Morgan fingerprint density at radius 3 is 0.614 bits per heavy atom. The molecule has 506 valence electrons. The van der Waals surface area contributed by atoms with Gasteiger partial charge in [-0.3, -0.25) is 7.32 Å². The molecule has 0 bridgehead atoms. The highest BCUT2D eigenvalue weighted by Gasteiger charge is 2.32. The fraction of sp³-hybridized carbons (Fsp3) is 0. The summed E-state index contributed by atoms with van der Waals surface area (Å²) >= 11 is 0. The Hall–Kier alpha value is -11.7. The molecule has 0 aliphatic heterocycles. The minimum Gasteiger partial charge on any atom is -0.907 e. The van der Waals surface area contributed by atoms with Crippen LogP contribution in [-0.4, -0.2) is 7.32 Å². The van der Waals surface area contributed by atoms with Crippen LogP contribution in [0.2, 0.25) is 0 Å². The van der Waals surface area contributed by atoms with Crippen molar-refractivity contribution in [1.29, 1.82) is 0 Å². The lowest BCUT2D eigenvalue weighted by molar-refractivity contribution is -0.479. The molecule has 10 aromatic carbocycles. The van der Waals surface area contributed by atoms with Crippen LogP contribution in [0.4, 0.5) is 70.2 Å². The van der Waals surface area contributed by atoms with E-state index >= 15 is 0 Å². The van der Waals surface area contributed by atoms with Crippen LogP contribution in [0.5, 0.6) is 0 Å². The molecule has 101 heavy (non-hydrogen) atoms. The Morgan fingerprint density at radius 1 is 0.228 bits per heavy atom. The molecule has 0 heterocycles. The van der Waals surface area contributed by atoms with Crippen LogP contribution in [0.15, 0.2) is 296 Å². The molecule has 0 amide bonds. The first kappa shape index (κ1) is 75.1. The van der Waals surface area contributed by atoms with Gasteiger partial charge in [-0.15, -0.1) is 0 Å². The first-order valence-corrected chi connectivity index (χ1v) is 30.0. The van der Waals surface area contributed by atoms with E-state index in [-0.39, 0.29) is 0 Å². The van der Waals surface area contributed by atoms with Gasteiger partial charge in [0.15, 0.2) is 81.4 Å². The van der Waals surface area contributed by atoms with Crippen molar-refractivity contribution in [2.45, 2.75) is 0 Å². The maximum absolute atomic E-state index is 13.4. The molecule has 0 fully saturated rings. The lowest BCUT2D eigenvalue weighted by atomic mass is 9.90. The summed E-state index contributed by atoms with van der Waals surface area (Å²) in [6.45, 7) is 0. The molecular weight excluding hydrogens is 1340 g/mol. The number of allylic oxidation sites excluding steroid dienone is 15. The molecule has 0 spiro atoms. The monoisotopic (exact) mass is 1380 g/mol. The van der Waals surface area contributed by atoms with Crippen LogP contribution >= 0.6 is 0 Å². The first-order valence-electron chi connectivity index (χ1n) is 30.0. The van der Waals surface area contributed by atoms with Crippen molar-refractivity contribution in [1.82, 2.24) is 0 Å². The Labute approximate surface area is 570 Å². The average Bonchev–Trinajstić information content (AvgIpc) is 0.772. The Bertz CT molecular complexity index is 4220. The molecule has 3 aliphatic carbocycles. The maximum atomic E-state index is 13.4. The minimum absolute atomic E-state index is 0.297. The summed E-state index contributed by atoms with van der Waals surface area (Å²) in [5.41, 5.74) is 9.19. The van der Waals surface area contributed by atoms with Crippen LogP contribution in [0.25, 0.3) is 39.0 Å². The molecule has 0 aromatic heterocycles. The van der Waals surface area contributed by atoms with Gasteiger partial charge < -0.3 is 15.1 Å². The minimum atomic E-state index is -2.92. The fourth-order valence-corrected chi connectivity index (χ4v) is 10.1. The summed E-state index contributed by atoms with van der Waals surface area (Å²) in [5.74, 6) is -35.2. The average molecular weight is 1390 g/mol. The van der Waals surface area contributed by atoms with Gasteiger partial charge in [0.05, 0.1) is 27.8 Å². The standard InChI is InChI=1S/3C19H15.2C12H2F8.BO3/c3*1-4-10-16(11-5-1)19(17-12-6-2-7-13-17)18-14-8-3-9-15-18;2*13-4-2-1-3(6(14)7(4)15)5-8(16)10(18)12(20)11(19)9(5)17;2-1(3)4/h3*1-15H;2*1-2H;/q3*+1;;;-3. The zero-order valence-electron chi connectivity index (χ0n) is 52.1.